The van der Waals surface area contributed by atoms with Crippen LogP contribution in [0.5, 0.6) is 0 Å². The summed E-state index contributed by atoms with van der Waals surface area (Å²) in [6.07, 6.45) is -4.57. The lowest BCUT2D eigenvalue weighted by Crippen LogP contribution is -2.14. The van der Waals surface area contributed by atoms with Crippen molar-refractivity contribution < 1.29 is 26.4 Å². The number of hydrogen-bond acceptors (Lipinski definition) is 5. The normalized spacial score (nSPS) is 12.1. The summed E-state index contributed by atoms with van der Waals surface area (Å²) in [4.78, 5) is 16.0. The predicted molar refractivity (Wildman–Crippen MR) is 120 cm³/mol. The van der Waals surface area contributed by atoms with Crippen LogP contribution in [0.1, 0.15) is 21.5 Å². The molecule has 0 unspecified atom stereocenters. The molecule has 0 radical (unpaired) electrons. The van der Waals surface area contributed by atoms with Gasteiger partial charge in [-0.3, -0.25) is 4.79 Å². The number of fused-ring (bicyclic) bond motifs is 1. The molecule has 3 aromatic carbocycles. The van der Waals surface area contributed by atoms with Crippen molar-refractivity contribution in [1.29, 1.82) is 0 Å². The quantitative estimate of drug-likeness (QED) is 0.381. The van der Waals surface area contributed by atoms with E-state index < -0.39 is 27.7 Å². The van der Waals surface area contributed by atoms with Gasteiger partial charge in [0.05, 0.1) is 28.0 Å². The Kier molecular flexibility index (Phi) is 5.79. The van der Waals surface area contributed by atoms with Crippen molar-refractivity contribution >= 4 is 38.6 Å². The lowest BCUT2D eigenvalue weighted by atomic mass is 10.1. The number of sulfonamides is 1. The number of primary amides is 1. The number of aromatic nitrogens is 2. The Morgan fingerprint density at radius 1 is 1.03 bits per heavy atom. The highest BCUT2D eigenvalue weighted by Crippen LogP contribution is 2.34. The molecule has 34 heavy (non-hydrogen) atoms. The minimum Gasteiger partial charge on any atom is -0.366 e. The second-order valence-corrected chi connectivity index (χ2v) is 9.00. The maximum atomic E-state index is 13.6. The molecule has 1 amide bonds. The lowest BCUT2D eigenvalue weighted by Gasteiger charge is -2.16. The van der Waals surface area contributed by atoms with Gasteiger partial charge in [0.1, 0.15) is 0 Å². The molecule has 0 atom stereocenters. The maximum Gasteiger partial charge on any atom is 0.416 e. The van der Waals surface area contributed by atoms with Crippen LogP contribution in [0.3, 0.4) is 0 Å². The number of amides is 1. The van der Waals surface area contributed by atoms with E-state index in [0.717, 1.165) is 6.07 Å². The number of hydrogen-bond donors (Lipinski definition) is 3. The molecule has 4 rings (SSSR count). The first-order valence-corrected chi connectivity index (χ1v) is 11.3. The Labute approximate surface area is 192 Å². The van der Waals surface area contributed by atoms with Gasteiger partial charge in [0.25, 0.3) is 0 Å². The van der Waals surface area contributed by atoms with E-state index in [0.29, 0.717) is 16.7 Å². The molecule has 4 aromatic rings. The molecule has 0 bridgehead atoms. The lowest BCUT2D eigenvalue weighted by molar-refractivity contribution is -0.138. The van der Waals surface area contributed by atoms with E-state index in [4.69, 9.17) is 10.9 Å². The number of alkyl halides is 3. The van der Waals surface area contributed by atoms with Gasteiger partial charge in [-0.2, -0.15) is 13.2 Å². The largest absolute Gasteiger partial charge is 0.416 e. The Balaban J connectivity index is 1.83. The second-order valence-electron chi connectivity index (χ2n) is 7.44. The average molecular weight is 489 g/mol. The number of nitrogens with zero attached hydrogens (tertiary/aromatic N) is 2. The van der Waals surface area contributed by atoms with Crippen molar-refractivity contribution in [2.75, 3.05) is 5.32 Å². The molecule has 1 aromatic heterocycles. The number of nitrogens with two attached hydrogens (primary N) is 2. The molecule has 176 valence electrons. The van der Waals surface area contributed by atoms with Crippen LogP contribution in [0.25, 0.3) is 11.0 Å². The number of halogens is 3. The highest BCUT2D eigenvalue weighted by atomic mass is 32.2. The van der Waals surface area contributed by atoms with Gasteiger partial charge < -0.3 is 15.6 Å². The molecule has 0 spiro atoms. The van der Waals surface area contributed by atoms with Crippen molar-refractivity contribution in [1.82, 2.24) is 9.55 Å². The molecule has 0 aliphatic rings. The van der Waals surface area contributed by atoms with Gasteiger partial charge in [-0.1, -0.05) is 18.2 Å². The SMILES string of the molecule is NC(=O)c1ccc2nc(Nc3ccc(S(N)(=O)=O)cc3)n(Cc3ccccc3C(F)(F)F)c2c1. The summed E-state index contributed by atoms with van der Waals surface area (Å²) in [7, 11) is -3.89. The number of rotatable bonds is 6. The van der Waals surface area contributed by atoms with E-state index >= 15 is 0 Å². The van der Waals surface area contributed by atoms with E-state index in [1.165, 1.54) is 65.2 Å². The first kappa shape index (κ1) is 23.3. The molecule has 0 aliphatic heterocycles. The summed E-state index contributed by atoms with van der Waals surface area (Å²) in [5.74, 6) is -0.518. The molecular weight excluding hydrogens is 471 g/mol. The highest BCUT2D eigenvalue weighted by molar-refractivity contribution is 7.89. The number of anilines is 2. The molecular formula is C22H18F3N5O3S. The Morgan fingerprint density at radius 2 is 1.71 bits per heavy atom. The smallest absolute Gasteiger partial charge is 0.366 e. The van der Waals surface area contributed by atoms with Gasteiger partial charge in [0.15, 0.2) is 0 Å². The maximum absolute atomic E-state index is 13.6. The Morgan fingerprint density at radius 3 is 2.32 bits per heavy atom. The fourth-order valence-electron chi connectivity index (χ4n) is 3.49. The summed E-state index contributed by atoms with van der Waals surface area (Å²) >= 11 is 0. The zero-order chi connectivity index (χ0) is 24.7. The third kappa shape index (κ3) is 4.72. The standard InChI is InChI=1S/C22H18F3N5O3S/c23-22(24,25)17-4-2-1-3-14(17)12-30-19-11-13(20(26)31)5-10-18(19)29-21(30)28-15-6-8-16(9-7-15)34(27,32)33/h1-11H,12H2,(H2,26,31)(H,28,29)(H2,27,32,33). The van der Waals surface area contributed by atoms with E-state index in [9.17, 15) is 26.4 Å². The second kappa shape index (κ2) is 8.47. The van der Waals surface area contributed by atoms with Crippen molar-refractivity contribution in [2.45, 2.75) is 17.6 Å². The molecule has 0 saturated carbocycles. The van der Waals surface area contributed by atoms with Gasteiger partial charge in [-0.15, -0.1) is 0 Å². The number of carbonyl (C=O) groups excluding carboxylic acids is 1. The Bertz CT molecular complexity index is 1500. The number of imidazole rings is 1. The molecule has 0 saturated heterocycles. The predicted octanol–water partition coefficient (Wildman–Crippen LogP) is 3.59. The third-order valence-corrected chi connectivity index (χ3v) is 6.05. The van der Waals surface area contributed by atoms with Crippen LogP contribution in [0.4, 0.5) is 24.8 Å². The van der Waals surface area contributed by atoms with Gasteiger partial charge in [-0.25, -0.2) is 18.5 Å². The van der Waals surface area contributed by atoms with Crippen LogP contribution in [-0.4, -0.2) is 23.9 Å². The van der Waals surface area contributed by atoms with Crippen LogP contribution in [-0.2, 0) is 22.7 Å². The van der Waals surface area contributed by atoms with E-state index in [1.54, 1.807) is 0 Å². The molecule has 0 aliphatic carbocycles. The van der Waals surface area contributed by atoms with Crippen LogP contribution in [0.15, 0.2) is 71.6 Å². The van der Waals surface area contributed by atoms with Crippen LogP contribution in [0.2, 0.25) is 0 Å². The minimum atomic E-state index is -4.57. The van der Waals surface area contributed by atoms with E-state index in [1.807, 2.05) is 0 Å². The fraction of sp³-hybridized carbons (Fsp3) is 0.0909. The summed E-state index contributed by atoms with van der Waals surface area (Å²) < 4.78 is 65.2. The molecule has 5 N–H and O–H groups in total. The zero-order valence-electron chi connectivity index (χ0n) is 17.4. The minimum absolute atomic E-state index is 0.00796. The molecule has 12 heteroatoms. The fourth-order valence-corrected chi connectivity index (χ4v) is 4.01. The Hall–Kier alpha value is -3.90. The van der Waals surface area contributed by atoms with Crippen molar-refractivity contribution in [3.8, 4) is 0 Å². The third-order valence-electron chi connectivity index (χ3n) is 5.12. The zero-order valence-corrected chi connectivity index (χ0v) is 18.2. The molecule has 8 nitrogen and oxygen atoms in total. The first-order chi connectivity index (χ1) is 15.9. The topological polar surface area (TPSA) is 133 Å². The number of carbonyl (C=O) groups is 1. The van der Waals surface area contributed by atoms with Gasteiger partial charge in [0.2, 0.25) is 21.9 Å². The van der Waals surface area contributed by atoms with Crippen molar-refractivity contribution in [3.63, 3.8) is 0 Å². The van der Waals surface area contributed by atoms with E-state index in [-0.39, 0.29) is 28.5 Å². The van der Waals surface area contributed by atoms with Crippen LogP contribution < -0.4 is 16.2 Å². The summed E-state index contributed by atoms with van der Waals surface area (Å²) in [6, 6.07) is 15.1. The summed E-state index contributed by atoms with van der Waals surface area (Å²) in [5, 5.41) is 8.10. The first-order valence-electron chi connectivity index (χ1n) is 9.78. The highest BCUT2D eigenvalue weighted by Gasteiger charge is 2.33. The molecule has 1 heterocycles. The summed E-state index contributed by atoms with van der Waals surface area (Å²) in [6.45, 7) is -0.216. The van der Waals surface area contributed by atoms with Crippen LogP contribution in [0, 0.1) is 0 Å². The molecule has 0 fully saturated rings. The van der Waals surface area contributed by atoms with E-state index in [2.05, 4.69) is 10.3 Å². The number of nitrogens with one attached hydrogen (secondary N) is 1. The van der Waals surface area contributed by atoms with Crippen molar-refractivity contribution in [2.24, 2.45) is 10.9 Å². The van der Waals surface area contributed by atoms with Gasteiger partial charge in [0, 0.05) is 11.3 Å². The summed E-state index contributed by atoms with van der Waals surface area (Å²) in [5.41, 5.74) is 5.96. The van der Waals surface area contributed by atoms with Crippen LogP contribution >= 0.6 is 0 Å². The average Bonchev–Trinajstić information content (AvgIpc) is 3.09. The van der Waals surface area contributed by atoms with Gasteiger partial charge in [-0.05, 0) is 54.1 Å². The van der Waals surface area contributed by atoms with Crippen molar-refractivity contribution in [3.05, 3.63) is 83.4 Å². The monoisotopic (exact) mass is 489 g/mol. The van der Waals surface area contributed by atoms with Gasteiger partial charge >= 0.3 is 6.18 Å². The number of primary sulfonamides is 1. The number of benzene rings is 3.